The molecule has 0 saturated carbocycles. The van der Waals surface area contributed by atoms with E-state index in [2.05, 4.69) is 30.2 Å². The molecular weight excluding hydrogens is 630 g/mol. The second kappa shape index (κ2) is 19.3. The maximum absolute atomic E-state index is 9.75. The van der Waals surface area contributed by atoms with Crippen LogP contribution in [0.25, 0.3) is 22.8 Å². The van der Waals surface area contributed by atoms with Crippen molar-refractivity contribution in [3.63, 3.8) is 0 Å². The largest absolute Gasteiger partial charge is 2.00 e. The van der Waals surface area contributed by atoms with E-state index in [0.717, 1.165) is 33.8 Å². The monoisotopic (exact) mass is 651 g/mol. The second-order valence-corrected chi connectivity index (χ2v) is 7.13. The van der Waals surface area contributed by atoms with Crippen molar-refractivity contribution in [1.82, 2.24) is 19.9 Å². The van der Waals surface area contributed by atoms with Crippen molar-refractivity contribution in [2.75, 3.05) is 0 Å². The number of nitrogens with zero attached hydrogens (tertiary/aromatic N) is 7. The zero-order valence-corrected chi connectivity index (χ0v) is 22.7. The van der Waals surface area contributed by atoms with Crippen LogP contribution < -0.4 is 0 Å². The van der Waals surface area contributed by atoms with Gasteiger partial charge in [0.2, 0.25) is 0 Å². The van der Waals surface area contributed by atoms with Gasteiger partial charge in [-0.25, -0.2) is 9.97 Å². The average Bonchev–Trinajstić information content (AvgIpc) is 2.98. The quantitative estimate of drug-likeness (QED) is 0.0634. The predicted octanol–water partition coefficient (Wildman–Crippen LogP) is 8.25. The van der Waals surface area contributed by atoms with E-state index >= 15 is 0 Å². The van der Waals surface area contributed by atoms with Crippen LogP contribution in [-0.2, 0) is 19.5 Å². The Morgan fingerprint density at radius 1 is 0.561 bits per heavy atom. The van der Waals surface area contributed by atoms with E-state index in [1.807, 2.05) is 103 Å². The number of aromatic nitrogens is 4. The van der Waals surface area contributed by atoms with E-state index in [9.17, 15) is 17.3 Å². The normalized spacial score (nSPS) is 9.85. The summed E-state index contributed by atoms with van der Waals surface area (Å²) >= 11 is 0. The van der Waals surface area contributed by atoms with E-state index in [-0.39, 0.29) is 19.5 Å². The molecule has 0 radical (unpaired) electrons. The molecule has 5 rings (SSSR count). The molecule has 15 heteroatoms. The molecule has 9 nitrogen and oxygen atoms in total. The zero-order valence-electron chi connectivity index (χ0n) is 20.9. The number of azo groups is 1. The molecule has 0 aliphatic heterocycles. The maximum Gasteiger partial charge on any atom is 2.00 e. The maximum atomic E-state index is 9.75. The van der Waals surface area contributed by atoms with Gasteiger partial charge in [-0.3, -0.25) is 9.97 Å². The van der Waals surface area contributed by atoms with Crippen LogP contribution in [0.5, 0.6) is 0 Å². The molecule has 0 N–H and O–H groups in total. The number of pyridine rings is 4. The van der Waals surface area contributed by atoms with Gasteiger partial charge < -0.3 is 27.4 Å². The van der Waals surface area contributed by atoms with E-state index in [1.165, 1.54) is 0 Å². The summed E-state index contributed by atoms with van der Waals surface area (Å²) in [6.07, 6.45) is 5.23. The van der Waals surface area contributed by atoms with Crippen LogP contribution in [0.2, 0.25) is 0 Å². The summed E-state index contributed by atoms with van der Waals surface area (Å²) in [5.41, 5.74) is 4.29. The molecule has 210 valence electrons. The molecule has 0 spiro atoms. The number of hydrogen-bond acceptors (Lipinski definition) is 9. The minimum absolute atomic E-state index is 0. The molecule has 0 fully saturated rings. The summed E-state index contributed by atoms with van der Waals surface area (Å²) in [5.74, 6) is 0.622. The Morgan fingerprint density at radius 2 is 0.976 bits per heavy atom. The van der Waals surface area contributed by atoms with Crippen molar-refractivity contribution in [3.05, 3.63) is 132 Å². The summed E-state index contributed by atoms with van der Waals surface area (Å²) in [4.78, 5) is 25.2. The Kier molecular flexibility index (Phi) is 16.1. The Bertz CT molecular complexity index is 1320. The fourth-order valence-corrected chi connectivity index (χ4v) is 2.77. The fraction of sp³-hybridized carbons (Fsp3) is 0. The Hall–Kier alpha value is -4.77. The third kappa shape index (κ3) is 15.4. The van der Waals surface area contributed by atoms with Gasteiger partial charge in [0, 0.05) is 18.6 Å². The van der Waals surface area contributed by atoms with Crippen LogP contribution in [0.15, 0.2) is 137 Å². The first-order valence-electron chi connectivity index (χ1n) is 11.3. The van der Waals surface area contributed by atoms with Crippen molar-refractivity contribution >= 4 is 18.8 Å². The van der Waals surface area contributed by atoms with Gasteiger partial charge in [0.1, 0.15) is 0 Å². The number of benzene rings is 1. The Labute approximate surface area is 245 Å². The first-order chi connectivity index (χ1) is 19.3. The van der Waals surface area contributed by atoms with E-state index < -0.39 is 7.25 Å². The van der Waals surface area contributed by atoms with Gasteiger partial charge in [-0.05, 0) is 60.7 Å². The Balaban J connectivity index is 0.000000326. The third-order valence-corrected chi connectivity index (χ3v) is 4.28. The van der Waals surface area contributed by atoms with Crippen molar-refractivity contribution in [1.29, 1.82) is 0 Å². The third-order valence-electron chi connectivity index (χ3n) is 4.28. The van der Waals surface area contributed by atoms with Crippen LogP contribution in [0.4, 0.5) is 28.8 Å². The van der Waals surface area contributed by atoms with E-state index in [0.29, 0.717) is 5.82 Å². The van der Waals surface area contributed by atoms with Gasteiger partial charge in [0.05, 0.1) is 28.5 Å². The molecule has 0 aliphatic carbocycles. The van der Waals surface area contributed by atoms with Crippen molar-refractivity contribution in [2.45, 2.75) is 0 Å². The summed E-state index contributed by atoms with van der Waals surface area (Å²) in [7, 11) is -6.00. The van der Waals surface area contributed by atoms with Gasteiger partial charge in [0.25, 0.3) is 0 Å². The number of hydrogen-bond donors (Lipinski definition) is 0. The van der Waals surface area contributed by atoms with Crippen LogP contribution in [-0.4, -0.2) is 27.2 Å². The topological polar surface area (TPSA) is 129 Å². The van der Waals surface area contributed by atoms with Crippen LogP contribution in [0.1, 0.15) is 0 Å². The first kappa shape index (κ1) is 34.3. The molecule has 5 aromatic rings. The fourth-order valence-electron chi connectivity index (χ4n) is 2.77. The number of rotatable bonds is 4. The molecule has 0 aliphatic rings. The van der Waals surface area contributed by atoms with Crippen LogP contribution >= 0.6 is 0 Å². The van der Waals surface area contributed by atoms with Gasteiger partial charge in [-0.2, -0.15) is 0 Å². The van der Waals surface area contributed by atoms with Crippen molar-refractivity contribution < 1.29 is 36.7 Å². The molecule has 0 unspecified atom stereocenters. The molecule has 0 saturated heterocycles. The molecule has 4 heterocycles. The number of halogens is 4. The van der Waals surface area contributed by atoms with Gasteiger partial charge in [0.15, 0.2) is 5.82 Å². The van der Waals surface area contributed by atoms with Gasteiger partial charge in [-0.15, -0.1) is 15.6 Å². The SMILES string of the molecule is F[B-](F)(F)F.O=N[O-].[Ru+2].c1ccc(-c2cccc(-c3ccccn3)n2)nc1.c1ccc(N=Nc2ccccn2)cc1. The molecular formula is C26H20BF4N7O2Ru. The molecule has 4 aromatic heterocycles. The Morgan fingerprint density at radius 3 is 1.39 bits per heavy atom. The van der Waals surface area contributed by atoms with E-state index in [1.54, 1.807) is 18.6 Å². The minimum atomic E-state index is -6.00. The predicted molar refractivity (Wildman–Crippen MR) is 145 cm³/mol. The molecule has 41 heavy (non-hydrogen) atoms. The second-order valence-electron chi connectivity index (χ2n) is 7.13. The zero-order chi connectivity index (χ0) is 29.1. The standard InChI is InChI=1S/C15H11N3.C11H9N3.BF4.HNO2.Ru/c1-3-10-16-12(6-1)14-8-5-9-15(18-14)13-7-2-4-11-17-13;1-2-6-10(7-3-1)13-14-11-8-4-5-9-12-11;2-1(3,4)5;2-1-3;/h1-11H;1-9H;;(H,2,3);/q;;-1;;+2/p-1. The van der Waals surface area contributed by atoms with E-state index in [4.69, 9.17) is 10.1 Å². The van der Waals surface area contributed by atoms with Crippen molar-refractivity contribution in [2.24, 2.45) is 15.6 Å². The van der Waals surface area contributed by atoms with Crippen LogP contribution in [0.3, 0.4) is 0 Å². The molecule has 0 atom stereocenters. The van der Waals surface area contributed by atoms with Crippen molar-refractivity contribution in [3.8, 4) is 22.8 Å². The average molecular weight is 650 g/mol. The smallest absolute Gasteiger partial charge is 0.444 e. The summed E-state index contributed by atoms with van der Waals surface area (Å²) < 4.78 is 39.0. The molecule has 0 bridgehead atoms. The summed E-state index contributed by atoms with van der Waals surface area (Å²) in [6.45, 7) is 0. The summed E-state index contributed by atoms with van der Waals surface area (Å²) in [6, 6.07) is 32.6. The first-order valence-corrected chi connectivity index (χ1v) is 11.3. The minimum Gasteiger partial charge on any atom is -0.444 e. The molecule has 0 amide bonds. The van der Waals surface area contributed by atoms with Gasteiger partial charge in [-0.1, -0.05) is 42.5 Å². The van der Waals surface area contributed by atoms with Crippen LogP contribution in [0, 0.1) is 10.1 Å². The van der Waals surface area contributed by atoms with Gasteiger partial charge >= 0.3 is 26.7 Å². The molecule has 1 aromatic carbocycles. The summed E-state index contributed by atoms with van der Waals surface area (Å²) in [5, 5.41) is 17.0.